The summed E-state index contributed by atoms with van der Waals surface area (Å²) in [4.78, 5) is 24.5. The third-order valence-corrected chi connectivity index (χ3v) is 2.52. The molecule has 0 aliphatic heterocycles. The molecule has 0 aliphatic carbocycles. The van der Waals surface area contributed by atoms with Crippen molar-refractivity contribution in [2.45, 2.75) is 47.0 Å². The van der Waals surface area contributed by atoms with Crippen LogP contribution < -0.4 is 0 Å². The van der Waals surface area contributed by atoms with E-state index < -0.39 is 5.97 Å². The van der Waals surface area contributed by atoms with Gasteiger partial charge in [-0.15, -0.1) is 0 Å². The molecule has 124 valence electrons. The van der Waals surface area contributed by atoms with Gasteiger partial charge in [0.1, 0.15) is 13.2 Å². The van der Waals surface area contributed by atoms with Gasteiger partial charge in [-0.2, -0.15) is 0 Å². The smallest absolute Gasteiger partial charge is 0.333 e. The predicted octanol–water partition coefficient (Wildman–Crippen LogP) is 2.80. The zero-order chi connectivity index (χ0) is 16.7. The number of esters is 2. The van der Waals surface area contributed by atoms with Gasteiger partial charge in [-0.1, -0.05) is 33.8 Å². The molecule has 0 heterocycles. The second kappa shape index (κ2) is 15.0. The van der Waals surface area contributed by atoms with E-state index in [1.165, 1.54) is 0 Å². The summed E-state index contributed by atoms with van der Waals surface area (Å²) in [5.74, 6) is -0.731. The van der Waals surface area contributed by atoms with Gasteiger partial charge in [0, 0.05) is 12.1 Å². The number of hydrogen-bond acceptors (Lipinski definition) is 5. The highest BCUT2D eigenvalue weighted by Crippen LogP contribution is 1.96. The van der Waals surface area contributed by atoms with E-state index in [2.05, 4.69) is 18.4 Å². The molecule has 21 heavy (non-hydrogen) atoms. The van der Waals surface area contributed by atoms with Gasteiger partial charge in [0.25, 0.3) is 0 Å². The molecule has 5 nitrogen and oxygen atoms in total. The maximum Gasteiger partial charge on any atom is 0.333 e. The standard InChI is InChI=1S/C14H25NO4.C2H6/c1-5-6-8-15(4)9-7-13(16)18-10-11-19-14(17)12(2)3;1-2/h2,5-11H2,1,3-4H3;1-2H3. The van der Waals surface area contributed by atoms with Crippen LogP contribution in [0.3, 0.4) is 0 Å². The van der Waals surface area contributed by atoms with E-state index in [0.29, 0.717) is 18.5 Å². The fourth-order valence-electron chi connectivity index (χ4n) is 1.31. The summed E-state index contributed by atoms with van der Waals surface area (Å²) in [7, 11) is 1.98. The Kier molecular flexibility index (Phi) is 15.7. The molecule has 0 aromatic heterocycles. The Balaban J connectivity index is 0. The summed E-state index contributed by atoms with van der Waals surface area (Å²) in [5, 5.41) is 0. The Morgan fingerprint density at radius 2 is 1.67 bits per heavy atom. The van der Waals surface area contributed by atoms with Gasteiger partial charge in [-0.25, -0.2) is 4.79 Å². The zero-order valence-corrected chi connectivity index (χ0v) is 14.2. The van der Waals surface area contributed by atoms with E-state index in [9.17, 15) is 9.59 Å². The molecular weight excluding hydrogens is 270 g/mol. The molecule has 0 bridgehead atoms. The fourth-order valence-corrected chi connectivity index (χ4v) is 1.31. The van der Waals surface area contributed by atoms with Crippen LogP contribution in [-0.4, -0.2) is 50.2 Å². The Bertz CT molecular complexity index is 303. The molecular formula is C16H31NO4. The Labute approximate surface area is 129 Å². The van der Waals surface area contributed by atoms with Crippen LogP contribution in [0.5, 0.6) is 0 Å². The van der Waals surface area contributed by atoms with E-state index in [1.807, 2.05) is 20.9 Å². The average molecular weight is 301 g/mol. The number of unbranched alkanes of at least 4 members (excludes halogenated alkanes) is 1. The van der Waals surface area contributed by atoms with Gasteiger partial charge in [-0.3, -0.25) is 4.79 Å². The summed E-state index contributed by atoms with van der Waals surface area (Å²) >= 11 is 0. The summed E-state index contributed by atoms with van der Waals surface area (Å²) in [6, 6.07) is 0. The van der Waals surface area contributed by atoms with Crippen LogP contribution in [0.2, 0.25) is 0 Å². The van der Waals surface area contributed by atoms with Crippen molar-refractivity contribution in [2.24, 2.45) is 0 Å². The van der Waals surface area contributed by atoms with E-state index >= 15 is 0 Å². The topological polar surface area (TPSA) is 55.8 Å². The fraction of sp³-hybridized carbons (Fsp3) is 0.750. The maximum atomic E-state index is 11.4. The molecule has 0 unspecified atom stereocenters. The van der Waals surface area contributed by atoms with Crippen molar-refractivity contribution in [2.75, 3.05) is 33.4 Å². The molecule has 0 aromatic carbocycles. The van der Waals surface area contributed by atoms with Crippen molar-refractivity contribution in [1.82, 2.24) is 4.90 Å². The second-order valence-corrected chi connectivity index (χ2v) is 4.54. The van der Waals surface area contributed by atoms with E-state index in [1.54, 1.807) is 6.92 Å². The van der Waals surface area contributed by atoms with Crippen molar-refractivity contribution in [3.63, 3.8) is 0 Å². The minimum atomic E-state index is -0.463. The van der Waals surface area contributed by atoms with Gasteiger partial charge < -0.3 is 14.4 Å². The number of hydrogen-bond donors (Lipinski definition) is 0. The predicted molar refractivity (Wildman–Crippen MR) is 85.1 cm³/mol. The molecule has 0 atom stereocenters. The number of nitrogens with zero attached hydrogens (tertiary/aromatic N) is 1. The molecule has 5 heteroatoms. The van der Waals surface area contributed by atoms with Crippen LogP contribution in [-0.2, 0) is 19.1 Å². The third kappa shape index (κ3) is 14.9. The molecule has 0 rings (SSSR count). The summed E-state index contributed by atoms with van der Waals surface area (Å²) in [6.07, 6.45) is 2.62. The van der Waals surface area contributed by atoms with Crippen molar-refractivity contribution >= 4 is 11.9 Å². The second-order valence-electron chi connectivity index (χ2n) is 4.54. The van der Waals surface area contributed by atoms with E-state index in [0.717, 1.165) is 19.4 Å². The van der Waals surface area contributed by atoms with Crippen LogP contribution in [0.25, 0.3) is 0 Å². The summed E-state index contributed by atoms with van der Waals surface area (Å²) in [6.45, 7) is 13.0. The highest BCUT2D eigenvalue weighted by Gasteiger charge is 2.07. The number of rotatable bonds is 10. The van der Waals surface area contributed by atoms with Gasteiger partial charge in [0.05, 0.1) is 6.42 Å². The SMILES string of the molecule is C=C(C)C(=O)OCCOC(=O)CCN(C)CCCC.CC. The van der Waals surface area contributed by atoms with Crippen molar-refractivity contribution < 1.29 is 19.1 Å². The van der Waals surface area contributed by atoms with Gasteiger partial charge >= 0.3 is 11.9 Å². The van der Waals surface area contributed by atoms with Crippen LogP contribution in [0.4, 0.5) is 0 Å². The molecule has 0 radical (unpaired) electrons. The first-order chi connectivity index (χ1) is 9.97. The minimum Gasteiger partial charge on any atom is -0.462 e. The van der Waals surface area contributed by atoms with Crippen molar-refractivity contribution in [3.05, 3.63) is 12.2 Å². The van der Waals surface area contributed by atoms with Crippen LogP contribution in [0, 0.1) is 0 Å². The molecule has 0 spiro atoms. The normalized spacial score (nSPS) is 9.62. The minimum absolute atomic E-state index is 0.0725. The highest BCUT2D eigenvalue weighted by molar-refractivity contribution is 5.86. The molecule has 0 amide bonds. The molecule has 0 aliphatic rings. The van der Waals surface area contributed by atoms with Gasteiger partial charge in [0.15, 0.2) is 0 Å². The summed E-state index contributed by atoms with van der Waals surface area (Å²) < 4.78 is 9.76. The van der Waals surface area contributed by atoms with Crippen LogP contribution >= 0.6 is 0 Å². The lowest BCUT2D eigenvalue weighted by Crippen LogP contribution is -2.24. The summed E-state index contributed by atoms with van der Waals surface area (Å²) in [5.41, 5.74) is 0.337. The van der Waals surface area contributed by atoms with E-state index in [-0.39, 0.29) is 19.2 Å². The first kappa shape index (κ1) is 21.9. The molecule has 0 N–H and O–H groups in total. The molecule has 0 saturated carbocycles. The van der Waals surface area contributed by atoms with Gasteiger partial charge in [-0.05, 0) is 26.9 Å². The average Bonchev–Trinajstić information content (AvgIpc) is 2.48. The zero-order valence-electron chi connectivity index (χ0n) is 14.2. The first-order valence-corrected chi connectivity index (χ1v) is 7.64. The lowest BCUT2D eigenvalue weighted by atomic mass is 10.3. The lowest BCUT2D eigenvalue weighted by Gasteiger charge is -2.15. The largest absolute Gasteiger partial charge is 0.462 e. The molecule has 0 fully saturated rings. The van der Waals surface area contributed by atoms with Crippen molar-refractivity contribution in [1.29, 1.82) is 0 Å². The van der Waals surface area contributed by atoms with Crippen LogP contribution in [0.1, 0.15) is 47.0 Å². The third-order valence-electron chi connectivity index (χ3n) is 2.52. The number of carbonyl (C=O) groups excluding carboxylic acids is 2. The van der Waals surface area contributed by atoms with E-state index in [4.69, 9.17) is 9.47 Å². The van der Waals surface area contributed by atoms with Gasteiger partial charge in [0.2, 0.25) is 0 Å². The molecule has 0 saturated heterocycles. The lowest BCUT2D eigenvalue weighted by molar-refractivity contribution is -0.150. The number of ether oxygens (including phenoxy) is 2. The first-order valence-electron chi connectivity index (χ1n) is 7.64. The Morgan fingerprint density at radius 1 is 1.10 bits per heavy atom. The monoisotopic (exact) mass is 301 g/mol. The van der Waals surface area contributed by atoms with Crippen LogP contribution in [0.15, 0.2) is 12.2 Å². The molecule has 0 aromatic rings. The van der Waals surface area contributed by atoms with Crippen molar-refractivity contribution in [3.8, 4) is 0 Å². The highest BCUT2D eigenvalue weighted by atomic mass is 16.6. The Hall–Kier alpha value is -1.36. The number of carbonyl (C=O) groups is 2. The Morgan fingerprint density at radius 3 is 2.19 bits per heavy atom. The quantitative estimate of drug-likeness (QED) is 0.353. The maximum absolute atomic E-state index is 11.4.